The zero-order valence-corrected chi connectivity index (χ0v) is 32.9. The molecule has 0 spiro atoms. The molecule has 0 aromatic heterocycles. The first-order valence-corrected chi connectivity index (χ1v) is 22.3. The molecule has 5 rings (SSSR count). The van der Waals surface area contributed by atoms with Gasteiger partial charge in [0.1, 0.15) is 5.42 Å². The molecule has 0 bridgehead atoms. The van der Waals surface area contributed by atoms with E-state index in [0.29, 0.717) is 5.56 Å². The molecule has 8 nitrogen and oxygen atoms in total. The summed E-state index contributed by atoms with van der Waals surface area (Å²) >= 11 is 0. The van der Waals surface area contributed by atoms with Crippen molar-refractivity contribution >= 4 is 60.1 Å². The van der Waals surface area contributed by atoms with Crippen LogP contribution in [0.15, 0.2) is 115 Å². The Morgan fingerprint density at radius 1 is 0.827 bits per heavy atom. The number of Topliss-reactive ketones (excluding diaryl/α,β-unsaturated/α-hetero) is 1. The summed E-state index contributed by atoms with van der Waals surface area (Å²) in [6.07, 6.45) is -0.488. The number of carbonyl (C=O) groups excluding carboxylic acids is 3. The van der Waals surface area contributed by atoms with Crippen LogP contribution in [-0.2, 0) is 25.2 Å². The van der Waals surface area contributed by atoms with E-state index in [-0.39, 0.29) is 40.9 Å². The first kappa shape index (κ1) is 38.7. The van der Waals surface area contributed by atoms with E-state index < -0.39 is 39.2 Å². The first-order chi connectivity index (χ1) is 24.6. The Labute approximate surface area is 308 Å². The number of hydrogen-bond donors (Lipinski definition) is 2. The Morgan fingerprint density at radius 3 is 1.69 bits per heavy atom. The number of amides is 2. The van der Waals surface area contributed by atoms with Crippen molar-refractivity contribution in [3.8, 4) is 0 Å². The second-order valence-electron chi connectivity index (χ2n) is 14.9. The van der Waals surface area contributed by atoms with Gasteiger partial charge in [-0.15, -0.1) is 0 Å². The van der Waals surface area contributed by atoms with Crippen LogP contribution < -0.4 is 21.2 Å². The summed E-state index contributed by atoms with van der Waals surface area (Å²) in [6, 6.07) is 34.7. The van der Waals surface area contributed by atoms with Gasteiger partial charge in [0.15, 0.2) is 14.1 Å². The molecule has 3 atom stereocenters. The third kappa shape index (κ3) is 7.49. The van der Waals surface area contributed by atoms with Gasteiger partial charge in [0, 0.05) is 25.9 Å². The predicted octanol–water partition coefficient (Wildman–Crippen LogP) is 5.99. The molecule has 1 aliphatic rings. The number of nitrogens with one attached hydrogen (secondary N) is 1. The fraction of sp³-hybridized carbons (Fsp3) is 0.310. The number of ketones is 1. The molecule has 4 aromatic carbocycles. The molecule has 2 N–H and O–H groups in total. The zero-order chi connectivity index (χ0) is 37.8. The fourth-order valence-electron chi connectivity index (χ4n) is 6.84. The molecule has 1 saturated heterocycles. The smallest absolute Gasteiger partial charge is 0.353 e. The first-order valence-electron chi connectivity index (χ1n) is 17.6. The lowest BCUT2D eigenvalue weighted by molar-refractivity contribution is -0.155. The molecule has 0 radical (unpaired) electrons. The molecule has 1 heterocycles. The number of carboxylic acid groups (broad SMARTS) is 1. The molecule has 0 unspecified atom stereocenters. The third-order valence-corrected chi connectivity index (χ3v) is 19.4. The maximum Gasteiger partial charge on any atom is 0.353 e. The molecule has 0 aliphatic carbocycles. The Morgan fingerprint density at radius 2 is 1.29 bits per heavy atom. The lowest BCUT2D eigenvalue weighted by Gasteiger charge is -2.52. The minimum Gasteiger partial charge on any atom is -0.477 e. The van der Waals surface area contributed by atoms with E-state index in [1.165, 1.54) is 4.90 Å². The van der Waals surface area contributed by atoms with Crippen molar-refractivity contribution in [3.05, 3.63) is 126 Å². The van der Waals surface area contributed by atoms with Gasteiger partial charge in [-0.1, -0.05) is 136 Å². The van der Waals surface area contributed by atoms with E-state index in [4.69, 9.17) is 4.43 Å². The number of rotatable bonds is 13. The zero-order valence-electron chi connectivity index (χ0n) is 31.0. The average Bonchev–Trinajstić information content (AvgIpc) is 3.12. The maximum atomic E-state index is 14.8. The predicted molar refractivity (Wildman–Crippen MR) is 213 cm³/mol. The SMILES string of the molecule is CNC(=O)Cc1ccc(C(=O)C[C@@H]2[C@@H]([C@@H](C)O[Si](C)(C)C(C)(C)C)C(=O)N2C(C(=O)O)=P(c2ccccc2)(c2ccccc2)c2ccccc2)cc1. The van der Waals surface area contributed by atoms with Crippen molar-refractivity contribution in [2.24, 2.45) is 5.92 Å². The highest BCUT2D eigenvalue weighted by Gasteiger charge is 2.57. The number of nitrogens with zero attached hydrogens (tertiary/aromatic N) is 1. The Bertz CT molecular complexity index is 1870. The second kappa shape index (κ2) is 15.6. The highest BCUT2D eigenvalue weighted by atomic mass is 31.2. The number of carbonyl (C=O) groups is 4. The number of aliphatic carboxylic acids is 1. The molecule has 1 fully saturated rings. The number of carboxylic acids is 1. The second-order valence-corrected chi connectivity index (χ2v) is 22.9. The summed E-state index contributed by atoms with van der Waals surface area (Å²) in [7, 11) is -0.795. The maximum absolute atomic E-state index is 14.8. The quantitative estimate of drug-likeness (QED) is 0.0755. The van der Waals surface area contributed by atoms with Crippen molar-refractivity contribution in [1.29, 1.82) is 0 Å². The van der Waals surface area contributed by atoms with E-state index >= 15 is 0 Å². The van der Waals surface area contributed by atoms with Crippen LogP contribution in [0, 0.1) is 5.92 Å². The molecular formula is C42H49N2O6PSi. The molecule has 0 saturated carbocycles. The van der Waals surface area contributed by atoms with Crippen LogP contribution in [0.25, 0.3) is 0 Å². The van der Waals surface area contributed by atoms with Gasteiger partial charge in [0.25, 0.3) is 0 Å². The van der Waals surface area contributed by atoms with Crippen LogP contribution in [0.1, 0.15) is 50.0 Å². The summed E-state index contributed by atoms with van der Waals surface area (Å²) < 4.78 is 6.78. The van der Waals surface area contributed by atoms with E-state index in [0.717, 1.165) is 21.5 Å². The highest BCUT2D eigenvalue weighted by Crippen LogP contribution is 2.50. The van der Waals surface area contributed by atoms with Crippen LogP contribution in [0.3, 0.4) is 0 Å². The van der Waals surface area contributed by atoms with Gasteiger partial charge < -0.3 is 19.7 Å². The van der Waals surface area contributed by atoms with Gasteiger partial charge in [0.05, 0.1) is 24.5 Å². The average molecular weight is 737 g/mol. The van der Waals surface area contributed by atoms with Crippen LogP contribution >= 0.6 is 6.89 Å². The summed E-state index contributed by atoms with van der Waals surface area (Å²) in [4.78, 5) is 56.3. The molecule has 2 amide bonds. The Kier molecular flexibility index (Phi) is 11.6. The minimum absolute atomic E-state index is 0.0318. The summed E-state index contributed by atoms with van der Waals surface area (Å²) in [5.74, 6) is -2.70. The third-order valence-electron chi connectivity index (χ3n) is 10.5. The topological polar surface area (TPSA) is 113 Å². The van der Waals surface area contributed by atoms with Crippen LogP contribution in [0.4, 0.5) is 0 Å². The summed E-state index contributed by atoms with van der Waals surface area (Å²) in [5.41, 5.74) is 1.15. The lowest BCUT2D eigenvalue weighted by Crippen LogP contribution is -2.69. The Balaban J connectivity index is 1.73. The molecule has 272 valence electrons. The normalized spacial score (nSPS) is 16.8. The van der Waals surface area contributed by atoms with Gasteiger partial charge in [-0.05, 0) is 46.5 Å². The molecular weight excluding hydrogens is 688 g/mol. The van der Waals surface area contributed by atoms with Gasteiger partial charge in [-0.3, -0.25) is 14.4 Å². The number of likely N-dealkylation sites (tertiary alicyclic amines) is 1. The summed E-state index contributed by atoms with van der Waals surface area (Å²) in [6.45, 7) is 9.27. The number of β-lactam (4-membered cyclic amide) rings is 1. The lowest BCUT2D eigenvalue weighted by atomic mass is 9.79. The van der Waals surface area contributed by atoms with Gasteiger partial charge in [0.2, 0.25) is 11.8 Å². The van der Waals surface area contributed by atoms with Gasteiger partial charge >= 0.3 is 5.97 Å². The Hall–Kier alpha value is -4.56. The molecule has 52 heavy (non-hydrogen) atoms. The molecule has 10 heteroatoms. The van der Waals surface area contributed by atoms with Crippen LogP contribution in [0.5, 0.6) is 0 Å². The van der Waals surface area contributed by atoms with Crippen molar-refractivity contribution in [3.63, 3.8) is 0 Å². The summed E-state index contributed by atoms with van der Waals surface area (Å²) in [5, 5.41) is 16.2. The van der Waals surface area contributed by atoms with Crippen molar-refractivity contribution in [2.75, 3.05) is 7.05 Å². The monoisotopic (exact) mass is 736 g/mol. The fourth-order valence-corrected chi connectivity index (χ4v) is 12.6. The molecule has 1 aliphatic heterocycles. The van der Waals surface area contributed by atoms with E-state index in [1.807, 2.05) is 97.9 Å². The highest BCUT2D eigenvalue weighted by molar-refractivity contribution is 7.96. The number of likely N-dealkylation sites (N-methyl/N-ethyl adjacent to an activating group) is 1. The number of hydrogen-bond acceptors (Lipinski definition) is 5. The van der Waals surface area contributed by atoms with Crippen molar-refractivity contribution < 1.29 is 28.7 Å². The van der Waals surface area contributed by atoms with E-state index in [1.54, 1.807) is 31.3 Å². The molecule has 4 aromatic rings. The van der Waals surface area contributed by atoms with Gasteiger partial charge in [-0.2, -0.15) is 0 Å². The van der Waals surface area contributed by atoms with Crippen LogP contribution in [-0.4, -0.2) is 66.5 Å². The van der Waals surface area contributed by atoms with Crippen molar-refractivity contribution in [2.45, 2.75) is 70.8 Å². The van der Waals surface area contributed by atoms with Crippen molar-refractivity contribution in [1.82, 2.24) is 10.2 Å². The van der Waals surface area contributed by atoms with Crippen LogP contribution in [0.2, 0.25) is 18.1 Å². The largest absolute Gasteiger partial charge is 0.477 e. The van der Waals surface area contributed by atoms with Gasteiger partial charge in [-0.25, -0.2) is 4.79 Å². The van der Waals surface area contributed by atoms with E-state index in [9.17, 15) is 24.3 Å². The minimum atomic E-state index is -3.24. The van der Waals surface area contributed by atoms with E-state index in [2.05, 4.69) is 39.2 Å². The standard InChI is InChI=1S/C42H49N2O6PSi/c1-29(50-52(6,7)42(2,3)4)38-35(28-36(45)31-25-23-30(24-26-31)27-37(46)43-5)44(39(38)47)40(41(48)49)51(32-17-11-8-12-18-32,33-19-13-9-14-20-33)34-21-15-10-16-22-34/h8-26,29,35,38H,27-28H2,1-7H3,(H,43,46)(H,48,49)/t29-,35-,38-/m1/s1. The number of benzene rings is 4.